The number of benzene rings is 7. The molecular formula is C57H37N5. The predicted molar refractivity (Wildman–Crippen MR) is 256 cm³/mol. The van der Waals surface area contributed by atoms with Crippen LogP contribution in [0.15, 0.2) is 225 Å². The zero-order valence-electron chi connectivity index (χ0n) is 33.6. The van der Waals surface area contributed by atoms with Gasteiger partial charge in [0.05, 0.1) is 39.0 Å². The number of hydrogen-bond donors (Lipinski definition) is 0. The Hall–Kier alpha value is -8.41. The molecule has 0 atom stereocenters. The third-order valence-corrected chi connectivity index (χ3v) is 12.0. The van der Waals surface area contributed by atoms with E-state index in [0.717, 1.165) is 101 Å². The van der Waals surface area contributed by atoms with Gasteiger partial charge in [0.1, 0.15) is 11.6 Å². The van der Waals surface area contributed by atoms with Crippen LogP contribution in [-0.2, 0) is 0 Å². The maximum atomic E-state index is 5.34. The summed E-state index contributed by atoms with van der Waals surface area (Å²) in [5, 5.41) is 3.42. The lowest BCUT2D eigenvalue weighted by Crippen LogP contribution is -2.00. The molecule has 0 aliphatic carbocycles. The largest absolute Gasteiger partial charge is 0.294 e. The van der Waals surface area contributed by atoms with Gasteiger partial charge in [-0.1, -0.05) is 152 Å². The fraction of sp³-hybridized carbons (Fsp3) is 0. The molecule has 5 heteroatoms. The fourth-order valence-corrected chi connectivity index (χ4v) is 9.03. The topological polar surface area (TPSA) is 48.5 Å². The number of para-hydroxylation sites is 1. The molecular weight excluding hydrogens is 755 g/mol. The molecule has 0 aliphatic rings. The molecule has 5 heterocycles. The summed E-state index contributed by atoms with van der Waals surface area (Å²) in [5.74, 6) is 1.73. The molecule has 0 N–H and O–H groups in total. The molecule has 290 valence electrons. The SMILES string of the molecule is c1ccc(-c2cc(-c3ccccc3)nc(-n3c4ccccc4c4cc(-c5ccc6c(c5)c5ncccc5n6-c5cc(-c6ccccc6)cc(-c6ccccc6)n5)ccc43)c2)cc1. The van der Waals surface area contributed by atoms with Crippen molar-refractivity contribution in [3.8, 4) is 67.5 Å². The van der Waals surface area contributed by atoms with E-state index in [2.05, 4.69) is 209 Å². The molecule has 0 bridgehead atoms. The molecule has 0 radical (unpaired) electrons. The summed E-state index contributed by atoms with van der Waals surface area (Å²) in [5.41, 5.74) is 16.0. The van der Waals surface area contributed by atoms with Crippen LogP contribution in [0.4, 0.5) is 0 Å². The summed E-state index contributed by atoms with van der Waals surface area (Å²) in [6.45, 7) is 0. The first-order valence-electron chi connectivity index (χ1n) is 20.9. The molecule has 0 spiro atoms. The van der Waals surface area contributed by atoms with E-state index >= 15 is 0 Å². The van der Waals surface area contributed by atoms with Gasteiger partial charge in [-0.2, -0.15) is 0 Å². The quantitative estimate of drug-likeness (QED) is 0.162. The summed E-state index contributed by atoms with van der Waals surface area (Å²) in [4.78, 5) is 15.6. The smallest absolute Gasteiger partial charge is 0.138 e. The Balaban J connectivity index is 1.02. The average molecular weight is 792 g/mol. The predicted octanol–water partition coefficient (Wildman–Crippen LogP) is 14.4. The minimum atomic E-state index is 0.848. The summed E-state index contributed by atoms with van der Waals surface area (Å²) >= 11 is 0. The molecule has 12 rings (SSSR count). The van der Waals surface area contributed by atoms with Crippen LogP contribution in [0.3, 0.4) is 0 Å². The highest BCUT2D eigenvalue weighted by molar-refractivity contribution is 6.12. The maximum absolute atomic E-state index is 5.34. The summed E-state index contributed by atoms with van der Waals surface area (Å²) in [7, 11) is 0. The van der Waals surface area contributed by atoms with Crippen molar-refractivity contribution < 1.29 is 0 Å². The van der Waals surface area contributed by atoms with Crippen LogP contribution in [-0.4, -0.2) is 24.1 Å². The highest BCUT2D eigenvalue weighted by Crippen LogP contribution is 2.39. The number of hydrogen-bond acceptors (Lipinski definition) is 3. The van der Waals surface area contributed by atoms with E-state index < -0.39 is 0 Å². The van der Waals surface area contributed by atoms with Crippen LogP contribution in [0.2, 0.25) is 0 Å². The molecule has 0 amide bonds. The Bertz CT molecular complexity index is 3250. The first kappa shape index (κ1) is 35.5. The summed E-state index contributed by atoms with van der Waals surface area (Å²) < 4.78 is 4.58. The monoisotopic (exact) mass is 791 g/mol. The van der Waals surface area contributed by atoms with Gasteiger partial charge in [0, 0.05) is 33.5 Å². The Labute approximate surface area is 358 Å². The molecule has 62 heavy (non-hydrogen) atoms. The second-order valence-electron chi connectivity index (χ2n) is 15.7. The molecule has 0 saturated heterocycles. The Morgan fingerprint density at radius 3 is 1.27 bits per heavy atom. The molecule has 0 aliphatic heterocycles. The van der Waals surface area contributed by atoms with Crippen molar-refractivity contribution in [2.45, 2.75) is 0 Å². The minimum Gasteiger partial charge on any atom is -0.294 e. The van der Waals surface area contributed by atoms with Gasteiger partial charge in [-0.05, 0) is 100 Å². The van der Waals surface area contributed by atoms with Gasteiger partial charge in [-0.15, -0.1) is 0 Å². The standard InChI is InChI=1S/C57H37N5/c1-5-16-38(17-6-1)44-34-49(40-20-9-3-10-21-40)59-55(36-44)61-51-25-14-13-24-46(51)47-32-42(27-29-52(47)61)43-28-30-53-48(33-43)57-54(26-15-31-58-57)62(53)56-37-45(39-18-7-2-8-19-39)35-50(60-56)41-22-11-4-12-23-41/h1-37H. The molecule has 0 unspecified atom stereocenters. The zero-order valence-corrected chi connectivity index (χ0v) is 33.6. The van der Waals surface area contributed by atoms with Crippen LogP contribution < -0.4 is 0 Å². The van der Waals surface area contributed by atoms with Gasteiger partial charge in [0.25, 0.3) is 0 Å². The normalized spacial score (nSPS) is 11.5. The minimum absolute atomic E-state index is 0.848. The highest BCUT2D eigenvalue weighted by Gasteiger charge is 2.20. The molecule has 5 nitrogen and oxygen atoms in total. The number of nitrogens with zero attached hydrogens (tertiary/aromatic N) is 5. The second kappa shape index (κ2) is 14.7. The van der Waals surface area contributed by atoms with E-state index in [4.69, 9.17) is 15.0 Å². The van der Waals surface area contributed by atoms with E-state index in [9.17, 15) is 0 Å². The molecule has 0 saturated carbocycles. The van der Waals surface area contributed by atoms with E-state index in [1.165, 1.54) is 10.8 Å². The van der Waals surface area contributed by atoms with Gasteiger partial charge < -0.3 is 0 Å². The average Bonchev–Trinajstić information content (AvgIpc) is 3.87. The van der Waals surface area contributed by atoms with Gasteiger partial charge >= 0.3 is 0 Å². The van der Waals surface area contributed by atoms with E-state index in [1.54, 1.807) is 0 Å². The van der Waals surface area contributed by atoms with Crippen LogP contribution in [0.5, 0.6) is 0 Å². The van der Waals surface area contributed by atoms with Crippen molar-refractivity contribution in [2.75, 3.05) is 0 Å². The Kier molecular flexibility index (Phi) is 8.42. The van der Waals surface area contributed by atoms with E-state index in [-0.39, 0.29) is 0 Å². The first-order valence-corrected chi connectivity index (χ1v) is 20.9. The summed E-state index contributed by atoms with van der Waals surface area (Å²) in [6.07, 6.45) is 1.88. The number of aromatic nitrogens is 5. The van der Waals surface area contributed by atoms with Crippen molar-refractivity contribution >= 4 is 43.7 Å². The lowest BCUT2D eigenvalue weighted by Gasteiger charge is -2.13. The van der Waals surface area contributed by atoms with Crippen molar-refractivity contribution in [1.29, 1.82) is 0 Å². The lowest BCUT2D eigenvalue weighted by molar-refractivity contribution is 1.08. The second-order valence-corrected chi connectivity index (χ2v) is 15.7. The zero-order chi connectivity index (χ0) is 41.0. The van der Waals surface area contributed by atoms with Crippen LogP contribution >= 0.6 is 0 Å². The Morgan fingerprint density at radius 1 is 0.274 bits per heavy atom. The number of rotatable bonds is 7. The molecule has 0 fully saturated rings. The van der Waals surface area contributed by atoms with Crippen molar-refractivity contribution in [2.24, 2.45) is 0 Å². The molecule has 12 aromatic rings. The lowest BCUT2D eigenvalue weighted by atomic mass is 10.0. The number of fused-ring (bicyclic) bond motifs is 6. The van der Waals surface area contributed by atoms with Crippen molar-refractivity contribution in [3.63, 3.8) is 0 Å². The third kappa shape index (κ3) is 6.06. The van der Waals surface area contributed by atoms with Crippen LogP contribution in [0.1, 0.15) is 0 Å². The van der Waals surface area contributed by atoms with Gasteiger partial charge in [0.2, 0.25) is 0 Å². The molecule has 5 aromatic heterocycles. The van der Waals surface area contributed by atoms with Crippen LogP contribution in [0.25, 0.3) is 111 Å². The molecule has 7 aromatic carbocycles. The van der Waals surface area contributed by atoms with Crippen molar-refractivity contribution in [3.05, 3.63) is 225 Å². The highest BCUT2D eigenvalue weighted by atomic mass is 15.1. The van der Waals surface area contributed by atoms with Gasteiger partial charge in [-0.3, -0.25) is 14.1 Å². The van der Waals surface area contributed by atoms with E-state index in [1.807, 2.05) is 24.4 Å². The summed E-state index contributed by atoms with van der Waals surface area (Å²) in [6, 6.07) is 77.1. The third-order valence-electron chi connectivity index (χ3n) is 12.0. The van der Waals surface area contributed by atoms with Gasteiger partial charge in [0.15, 0.2) is 0 Å². The van der Waals surface area contributed by atoms with Gasteiger partial charge in [-0.25, -0.2) is 9.97 Å². The van der Waals surface area contributed by atoms with Crippen LogP contribution in [0, 0.1) is 0 Å². The fourth-order valence-electron chi connectivity index (χ4n) is 9.03. The first-order chi connectivity index (χ1) is 30.7. The Morgan fingerprint density at radius 2 is 0.710 bits per heavy atom. The van der Waals surface area contributed by atoms with Crippen molar-refractivity contribution in [1.82, 2.24) is 24.1 Å². The van der Waals surface area contributed by atoms with E-state index in [0.29, 0.717) is 0 Å². The maximum Gasteiger partial charge on any atom is 0.138 e. The number of pyridine rings is 3.